The van der Waals surface area contributed by atoms with Crippen LogP contribution in [0.4, 0.5) is 5.82 Å². The van der Waals surface area contributed by atoms with Gasteiger partial charge in [0.1, 0.15) is 30.0 Å². The van der Waals surface area contributed by atoms with Gasteiger partial charge in [-0.2, -0.15) is 8.42 Å². The summed E-state index contributed by atoms with van der Waals surface area (Å²) in [4.78, 5) is 16.5. The summed E-state index contributed by atoms with van der Waals surface area (Å²) in [7, 11) is -4.06. The van der Waals surface area contributed by atoms with Crippen LogP contribution in [0.1, 0.15) is 18.4 Å². The Bertz CT molecular complexity index is 1430. The summed E-state index contributed by atoms with van der Waals surface area (Å²) in [6.45, 7) is 0.316. The Morgan fingerprint density at radius 1 is 1.08 bits per heavy atom. The number of anilines is 1. The molecule has 36 heavy (non-hydrogen) atoms. The first kappa shape index (κ1) is 24.1. The first-order valence-corrected chi connectivity index (χ1v) is 12.9. The van der Waals surface area contributed by atoms with Gasteiger partial charge in [0.25, 0.3) is 0 Å². The molecule has 0 spiro atoms. The van der Waals surface area contributed by atoms with Gasteiger partial charge in [-0.05, 0) is 42.7 Å². The van der Waals surface area contributed by atoms with E-state index >= 15 is 0 Å². The molecule has 1 saturated carbocycles. The van der Waals surface area contributed by atoms with Crippen molar-refractivity contribution in [2.45, 2.75) is 31.6 Å². The van der Waals surface area contributed by atoms with E-state index in [2.05, 4.69) is 29.4 Å². The van der Waals surface area contributed by atoms with Crippen molar-refractivity contribution in [2.24, 2.45) is 11.1 Å². The quantitative estimate of drug-likeness (QED) is 0.264. The van der Waals surface area contributed by atoms with Crippen molar-refractivity contribution in [1.29, 1.82) is 0 Å². The fourth-order valence-corrected chi connectivity index (χ4v) is 4.66. The first-order valence-electron chi connectivity index (χ1n) is 11.4. The number of fused-ring (bicyclic) bond motifs is 1. The Kier molecular flexibility index (Phi) is 6.83. The maximum Gasteiger partial charge on any atom is 0.333 e. The lowest BCUT2D eigenvalue weighted by Crippen LogP contribution is -2.24. The Morgan fingerprint density at radius 2 is 1.86 bits per heavy atom. The number of hydrogen-bond acceptors (Lipinski definition) is 9. The van der Waals surface area contributed by atoms with Crippen molar-refractivity contribution in [3.05, 3.63) is 66.5 Å². The molecule has 3 atom stereocenters. The number of ether oxygens (including phenoxy) is 1. The summed E-state index contributed by atoms with van der Waals surface area (Å²) in [5.41, 5.74) is 3.09. The average Bonchev–Trinajstić information content (AvgIpc) is 3.46. The number of aliphatic hydroxyl groups excluding tert-OH is 1. The number of aromatic nitrogens is 4. The van der Waals surface area contributed by atoms with E-state index in [-0.39, 0.29) is 18.6 Å². The molecule has 2 heterocycles. The third-order valence-electron chi connectivity index (χ3n) is 6.11. The van der Waals surface area contributed by atoms with Gasteiger partial charge in [-0.15, -0.1) is 0 Å². The van der Waals surface area contributed by atoms with E-state index in [0.29, 0.717) is 42.3 Å². The van der Waals surface area contributed by atoms with Crippen LogP contribution in [0.5, 0.6) is 5.75 Å². The molecule has 0 saturated heterocycles. The molecule has 2 aromatic heterocycles. The predicted molar refractivity (Wildman–Crippen MR) is 133 cm³/mol. The number of hydrogen-bond donors (Lipinski definition) is 4. The zero-order valence-electron chi connectivity index (χ0n) is 19.2. The molecule has 1 aliphatic rings. The van der Waals surface area contributed by atoms with Crippen molar-refractivity contribution in [3.8, 4) is 17.1 Å². The smallest absolute Gasteiger partial charge is 0.333 e. The number of imidazole rings is 1. The van der Waals surface area contributed by atoms with Crippen LogP contribution in [-0.2, 0) is 21.1 Å². The van der Waals surface area contributed by atoms with Gasteiger partial charge < -0.3 is 20.1 Å². The van der Waals surface area contributed by atoms with E-state index in [4.69, 9.17) is 9.88 Å². The van der Waals surface area contributed by atoms with E-state index in [1.54, 1.807) is 0 Å². The normalized spacial score (nSPS) is 20.0. The molecule has 1 aliphatic carbocycles. The zero-order chi connectivity index (χ0) is 25.1. The summed E-state index contributed by atoms with van der Waals surface area (Å²) in [6.07, 6.45) is 1.60. The molecule has 4 aromatic rings. The van der Waals surface area contributed by atoms with Gasteiger partial charge in [-0.3, -0.25) is 4.18 Å². The van der Waals surface area contributed by atoms with Crippen molar-refractivity contribution in [3.63, 3.8) is 0 Å². The third kappa shape index (κ3) is 5.79. The second kappa shape index (κ2) is 10.2. The minimum atomic E-state index is -4.06. The van der Waals surface area contributed by atoms with Crippen molar-refractivity contribution in [1.82, 2.24) is 19.9 Å². The van der Waals surface area contributed by atoms with Gasteiger partial charge in [0, 0.05) is 17.5 Å². The predicted octanol–water partition coefficient (Wildman–Crippen LogP) is 2.37. The maximum atomic E-state index is 11.1. The largest absolute Gasteiger partial charge is 0.489 e. The van der Waals surface area contributed by atoms with Crippen LogP contribution >= 0.6 is 0 Å². The number of nitrogens with two attached hydrogens (primary N) is 1. The molecule has 11 nitrogen and oxygen atoms in total. The van der Waals surface area contributed by atoms with Gasteiger partial charge in [0.05, 0.1) is 12.7 Å². The molecule has 2 aromatic carbocycles. The van der Waals surface area contributed by atoms with Crippen LogP contribution in [0.25, 0.3) is 22.6 Å². The molecule has 0 aliphatic heterocycles. The summed E-state index contributed by atoms with van der Waals surface area (Å²) in [5.74, 6) is 1.57. The summed E-state index contributed by atoms with van der Waals surface area (Å²) < 4.78 is 32.7. The molecule has 5 N–H and O–H groups in total. The number of aliphatic hydroxyl groups is 1. The third-order valence-corrected chi connectivity index (χ3v) is 6.57. The number of rotatable bonds is 9. The second-order valence-corrected chi connectivity index (χ2v) is 9.94. The SMILES string of the molecule is NS(=O)(=O)OC[C@@H]1C[C@@H](Nc2ncnc3nc(-c4ccc(OCc5ccccc5)cc4)[nH]c23)C[C@@H]1O. The summed E-state index contributed by atoms with van der Waals surface area (Å²) >= 11 is 0. The van der Waals surface area contributed by atoms with E-state index in [1.807, 2.05) is 54.6 Å². The van der Waals surface area contributed by atoms with Gasteiger partial charge in [-0.25, -0.2) is 20.1 Å². The van der Waals surface area contributed by atoms with Crippen LogP contribution in [0.2, 0.25) is 0 Å². The summed E-state index contributed by atoms with van der Waals surface area (Å²) in [5, 5.41) is 18.5. The number of aromatic amines is 1. The average molecular weight is 511 g/mol. The molecule has 0 unspecified atom stereocenters. The molecule has 0 radical (unpaired) electrons. The number of nitrogens with zero attached hydrogens (tertiary/aromatic N) is 3. The van der Waals surface area contributed by atoms with Gasteiger partial charge >= 0.3 is 10.3 Å². The minimum Gasteiger partial charge on any atom is -0.489 e. The van der Waals surface area contributed by atoms with Gasteiger partial charge in [-0.1, -0.05) is 30.3 Å². The molecular formula is C24H26N6O5S. The molecule has 5 rings (SSSR count). The molecule has 0 amide bonds. The van der Waals surface area contributed by atoms with E-state index in [9.17, 15) is 13.5 Å². The van der Waals surface area contributed by atoms with E-state index < -0.39 is 16.4 Å². The van der Waals surface area contributed by atoms with E-state index in [0.717, 1.165) is 16.9 Å². The fraction of sp³-hybridized carbons (Fsp3) is 0.292. The van der Waals surface area contributed by atoms with Crippen LogP contribution in [0.3, 0.4) is 0 Å². The highest BCUT2D eigenvalue weighted by Gasteiger charge is 2.34. The lowest BCUT2D eigenvalue weighted by atomic mass is 10.1. The number of benzene rings is 2. The zero-order valence-corrected chi connectivity index (χ0v) is 20.1. The Morgan fingerprint density at radius 3 is 2.61 bits per heavy atom. The topological polar surface area (TPSA) is 165 Å². The molecule has 0 bridgehead atoms. The lowest BCUT2D eigenvalue weighted by molar-refractivity contribution is 0.101. The monoisotopic (exact) mass is 510 g/mol. The van der Waals surface area contributed by atoms with Crippen molar-refractivity contribution in [2.75, 3.05) is 11.9 Å². The highest BCUT2D eigenvalue weighted by atomic mass is 32.2. The lowest BCUT2D eigenvalue weighted by Gasteiger charge is -2.13. The summed E-state index contributed by atoms with van der Waals surface area (Å²) in [6, 6.07) is 17.4. The highest BCUT2D eigenvalue weighted by molar-refractivity contribution is 7.84. The standard InChI is InChI=1S/C24H26N6O5S/c25-36(32,33)35-13-17-10-18(11-20(17)31)28-23-21-24(27-14-26-23)30-22(29-21)16-6-8-19(9-7-16)34-12-15-4-2-1-3-5-15/h1-9,14,17-18,20,31H,10-13H2,(H2,25,32,33)(H2,26,27,28,29,30)/t17-,18+,20-/m0/s1. The van der Waals surface area contributed by atoms with Crippen LogP contribution in [0.15, 0.2) is 60.9 Å². The first-order chi connectivity index (χ1) is 17.3. The Labute approximate surface area is 208 Å². The second-order valence-electron chi connectivity index (χ2n) is 8.72. The molecule has 188 valence electrons. The molecule has 12 heteroatoms. The number of H-pyrrole nitrogens is 1. The van der Waals surface area contributed by atoms with Crippen LogP contribution in [0, 0.1) is 5.92 Å². The highest BCUT2D eigenvalue weighted by Crippen LogP contribution is 2.31. The van der Waals surface area contributed by atoms with Gasteiger partial charge in [0.2, 0.25) is 0 Å². The minimum absolute atomic E-state index is 0.139. The molecular weight excluding hydrogens is 484 g/mol. The Balaban J connectivity index is 1.26. The fourth-order valence-electron chi connectivity index (χ4n) is 4.30. The Hall–Kier alpha value is -3.58. The van der Waals surface area contributed by atoms with Crippen molar-refractivity contribution < 1.29 is 22.4 Å². The van der Waals surface area contributed by atoms with E-state index in [1.165, 1.54) is 6.33 Å². The molecule has 1 fully saturated rings. The number of nitrogens with one attached hydrogen (secondary N) is 2. The maximum absolute atomic E-state index is 11.1. The van der Waals surface area contributed by atoms with Crippen LogP contribution in [-0.4, -0.2) is 52.2 Å². The van der Waals surface area contributed by atoms with Gasteiger partial charge in [0.15, 0.2) is 11.5 Å². The van der Waals surface area contributed by atoms with Crippen molar-refractivity contribution >= 4 is 27.3 Å². The van der Waals surface area contributed by atoms with Crippen LogP contribution < -0.4 is 15.2 Å².